The third kappa shape index (κ3) is 10.4. The van der Waals surface area contributed by atoms with E-state index in [-0.39, 0.29) is 30.1 Å². The number of unbranched alkanes of at least 4 members (excludes halogenated alkanes) is 1. The van der Waals surface area contributed by atoms with Crippen LogP contribution in [0.2, 0.25) is 0 Å². The van der Waals surface area contributed by atoms with Crippen molar-refractivity contribution in [2.75, 3.05) is 50.0 Å². The number of amides is 5. The maximum absolute atomic E-state index is 14.1. The molecule has 0 bridgehead atoms. The Balaban J connectivity index is 0.671. The van der Waals surface area contributed by atoms with E-state index >= 15 is 0 Å². The number of pyridine rings is 1. The van der Waals surface area contributed by atoms with Gasteiger partial charge in [-0.25, -0.2) is 23.4 Å². The van der Waals surface area contributed by atoms with E-state index in [0.717, 1.165) is 80.7 Å². The van der Waals surface area contributed by atoms with E-state index in [4.69, 9.17) is 9.15 Å². The van der Waals surface area contributed by atoms with E-state index in [1.165, 1.54) is 30.0 Å². The first kappa shape index (κ1) is 44.5. The van der Waals surface area contributed by atoms with Crippen molar-refractivity contribution in [2.45, 2.75) is 76.7 Å². The van der Waals surface area contributed by atoms with E-state index in [1.54, 1.807) is 30.5 Å². The molecule has 18 heteroatoms. The molecule has 3 N–H and O–H groups in total. The number of carbonyl (C=O) groups is 5. The lowest BCUT2D eigenvalue weighted by Crippen LogP contribution is -2.54. The highest BCUT2D eigenvalue weighted by Crippen LogP contribution is 2.32. The number of likely N-dealkylation sites (tertiary alicyclic amines) is 1. The summed E-state index contributed by atoms with van der Waals surface area (Å²) in [6.07, 6.45) is 9.31. The number of oxazole rings is 1. The van der Waals surface area contributed by atoms with Crippen molar-refractivity contribution in [3.05, 3.63) is 107 Å². The average molecular weight is 904 g/mol. The number of alkyl halides is 2. The highest BCUT2D eigenvalue weighted by Gasteiger charge is 2.44. The van der Waals surface area contributed by atoms with Crippen LogP contribution in [0.15, 0.2) is 77.7 Å². The number of aromatic nitrogens is 4. The maximum Gasteiger partial charge on any atom is 0.284 e. The number of rotatable bonds is 19. The molecule has 3 fully saturated rings. The Bertz CT molecular complexity index is 2600. The molecule has 0 radical (unpaired) electrons. The van der Waals surface area contributed by atoms with Crippen LogP contribution in [0.5, 0.6) is 0 Å². The topological polar surface area (TPSA) is 194 Å². The largest absolute Gasteiger partial charge is 0.444 e. The Morgan fingerprint density at radius 1 is 0.894 bits per heavy atom. The molecule has 6 heterocycles. The van der Waals surface area contributed by atoms with Gasteiger partial charge in [0.25, 0.3) is 24.1 Å². The van der Waals surface area contributed by atoms with Crippen LogP contribution in [0, 0.1) is 11.8 Å². The lowest BCUT2D eigenvalue weighted by molar-refractivity contribution is -0.136. The summed E-state index contributed by atoms with van der Waals surface area (Å²) in [7, 11) is 0. The summed E-state index contributed by atoms with van der Waals surface area (Å²) in [5.41, 5.74) is 3.14. The normalized spacial score (nSPS) is 18.0. The Kier molecular flexibility index (Phi) is 13.4. The van der Waals surface area contributed by atoms with Gasteiger partial charge >= 0.3 is 0 Å². The molecule has 9 rings (SSSR count). The van der Waals surface area contributed by atoms with E-state index in [0.29, 0.717) is 53.2 Å². The number of hydrogen-bond acceptors (Lipinski definition) is 12. The second-order valence-electron chi connectivity index (χ2n) is 17.5. The Morgan fingerprint density at radius 2 is 1.68 bits per heavy atom. The van der Waals surface area contributed by atoms with Gasteiger partial charge in [-0.15, -0.1) is 0 Å². The number of benzene rings is 2. The molecule has 2 aromatic carbocycles. The zero-order chi connectivity index (χ0) is 45.7. The fourth-order valence-corrected chi connectivity index (χ4v) is 8.74. The number of piperidine rings is 2. The Labute approximate surface area is 379 Å². The van der Waals surface area contributed by atoms with E-state index in [2.05, 4.69) is 35.9 Å². The van der Waals surface area contributed by atoms with Gasteiger partial charge in [-0.05, 0) is 130 Å². The fraction of sp³-hybridized carbons (Fsp3) is 0.417. The molecule has 3 aliphatic heterocycles. The minimum atomic E-state index is -2.93. The van der Waals surface area contributed by atoms with Gasteiger partial charge in [0.1, 0.15) is 18.1 Å². The number of anilines is 2. The predicted molar refractivity (Wildman–Crippen MR) is 237 cm³/mol. The summed E-state index contributed by atoms with van der Waals surface area (Å²) in [4.78, 5) is 75.4. The smallest absolute Gasteiger partial charge is 0.284 e. The number of nitrogens with one attached hydrogen (secondary N) is 3. The lowest BCUT2D eigenvalue weighted by atomic mass is 9.89. The number of fused-ring (bicyclic) bond motifs is 1. The van der Waals surface area contributed by atoms with Gasteiger partial charge in [-0.3, -0.25) is 34.2 Å². The number of carbonyl (C=O) groups excluding carboxylic acids is 5. The first-order valence-corrected chi connectivity index (χ1v) is 22.6. The van der Waals surface area contributed by atoms with Crippen molar-refractivity contribution < 1.29 is 41.9 Å². The molecule has 1 saturated carbocycles. The second kappa shape index (κ2) is 19.8. The third-order valence-corrected chi connectivity index (χ3v) is 12.7. The van der Waals surface area contributed by atoms with Crippen molar-refractivity contribution in [1.82, 2.24) is 34.9 Å². The monoisotopic (exact) mass is 903 g/mol. The number of aryl methyl sites for hydroxylation is 1. The Hall–Kier alpha value is -6.66. The number of hydrogen-bond donors (Lipinski definition) is 3. The van der Waals surface area contributed by atoms with Crippen molar-refractivity contribution >= 4 is 41.0 Å². The minimum Gasteiger partial charge on any atom is -0.444 e. The van der Waals surface area contributed by atoms with Crippen LogP contribution < -0.4 is 16.0 Å². The molecular weight excluding hydrogens is 853 g/mol. The minimum absolute atomic E-state index is 0.0647. The number of imide groups is 2. The molecule has 5 amide bonds. The van der Waals surface area contributed by atoms with Gasteiger partial charge in [0.15, 0.2) is 11.4 Å². The van der Waals surface area contributed by atoms with Gasteiger partial charge in [0, 0.05) is 37.9 Å². The molecule has 5 aromatic rings. The van der Waals surface area contributed by atoms with Crippen molar-refractivity contribution in [3.63, 3.8) is 0 Å². The molecule has 2 saturated heterocycles. The van der Waals surface area contributed by atoms with Crippen LogP contribution in [0.1, 0.15) is 106 Å². The summed E-state index contributed by atoms with van der Waals surface area (Å²) >= 11 is 0. The molecule has 1 unspecified atom stereocenters. The van der Waals surface area contributed by atoms with Crippen LogP contribution in [-0.2, 0) is 27.2 Å². The zero-order valence-corrected chi connectivity index (χ0v) is 36.3. The molecule has 0 spiro atoms. The summed E-state index contributed by atoms with van der Waals surface area (Å²) in [6.45, 7) is 4.86. The molecule has 1 atom stereocenters. The number of nitrogens with zero attached hydrogens (tertiary/aromatic N) is 6. The summed E-state index contributed by atoms with van der Waals surface area (Å²) < 4.78 is 41.0. The fourth-order valence-electron chi connectivity index (χ4n) is 8.74. The first-order chi connectivity index (χ1) is 32.1. The van der Waals surface area contributed by atoms with Crippen LogP contribution in [0.3, 0.4) is 0 Å². The van der Waals surface area contributed by atoms with Crippen molar-refractivity contribution in [2.24, 2.45) is 11.8 Å². The Morgan fingerprint density at radius 3 is 2.45 bits per heavy atom. The standard InChI is InChI=1S/C48H51F2N9O7/c49-43(50)42-37(53-44(61)38-28-66-46(54-38)33-14-17-51-40(25-33)52-26-31-4-5-31)27-58(56-42)34-9-6-29(7-10-34)3-1-2-21-65-22-20-57-18-15-30(16-19-57)23-32-8-11-35-36(24-32)48(64)59(47(35)63)39-12-13-41(60)55-45(39)62/h6-11,14,17,24-25,27-28,30-31,39,43H,1-5,12-13,15-16,18-23,26H2,(H,51,52)(H,53,61)(H,55,60,62). The highest BCUT2D eigenvalue weighted by atomic mass is 19.3. The molecule has 1 aliphatic carbocycles. The number of halogens is 2. The van der Waals surface area contributed by atoms with Gasteiger partial charge in [-0.2, -0.15) is 5.10 Å². The van der Waals surface area contributed by atoms with E-state index in [1.807, 2.05) is 30.3 Å². The zero-order valence-electron chi connectivity index (χ0n) is 36.3. The predicted octanol–water partition coefficient (Wildman–Crippen LogP) is 6.63. The molecule has 16 nitrogen and oxygen atoms in total. The molecular formula is C48H51F2N9O7. The first-order valence-electron chi connectivity index (χ1n) is 22.6. The summed E-state index contributed by atoms with van der Waals surface area (Å²) in [5, 5.41) is 12.1. The average Bonchev–Trinajstić information content (AvgIpc) is 3.73. The molecule has 4 aliphatic rings. The van der Waals surface area contributed by atoms with Crippen molar-refractivity contribution in [1.29, 1.82) is 0 Å². The second-order valence-corrected chi connectivity index (χ2v) is 17.5. The summed E-state index contributed by atoms with van der Waals surface area (Å²) in [6, 6.07) is 15.4. The van der Waals surface area contributed by atoms with Gasteiger partial charge in [0.2, 0.25) is 17.7 Å². The van der Waals surface area contributed by atoms with Crippen LogP contribution >= 0.6 is 0 Å². The van der Waals surface area contributed by atoms with Crippen LogP contribution in [0.25, 0.3) is 17.1 Å². The SMILES string of the molecule is O=C1CCC(N2C(=O)c3ccc(CC4CCN(CCOCCCCc5ccc(-n6cc(NC(=O)c7coc(-c8ccnc(NCC9CC9)c8)n7)c(C(F)F)n6)cc5)CC4)cc3C2=O)C(=O)N1. The quantitative estimate of drug-likeness (QED) is 0.0593. The van der Waals surface area contributed by atoms with E-state index < -0.39 is 47.7 Å². The van der Waals surface area contributed by atoms with Gasteiger partial charge in [0.05, 0.1) is 35.3 Å². The van der Waals surface area contributed by atoms with Crippen LogP contribution in [0.4, 0.5) is 20.3 Å². The van der Waals surface area contributed by atoms with Crippen molar-refractivity contribution in [3.8, 4) is 17.1 Å². The maximum atomic E-state index is 14.1. The molecule has 3 aromatic heterocycles. The summed E-state index contributed by atoms with van der Waals surface area (Å²) in [5.74, 6) is -0.709. The molecule has 66 heavy (non-hydrogen) atoms. The lowest BCUT2D eigenvalue weighted by Gasteiger charge is -2.32. The van der Waals surface area contributed by atoms with Gasteiger partial charge < -0.3 is 24.7 Å². The number of ether oxygens (including phenoxy) is 1. The third-order valence-electron chi connectivity index (χ3n) is 12.7. The van der Waals surface area contributed by atoms with Crippen LogP contribution in [-0.4, -0.2) is 105 Å². The highest BCUT2D eigenvalue weighted by molar-refractivity contribution is 6.23. The van der Waals surface area contributed by atoms with E-state index in [9.17, 15) is 32.8 Å². The van der Waals surface area contributed by atoms with Gasteiger partial charge in [-0.1, -0.05) is 18.2 Å². The molecule has 344 valence electrons.